The van der Waals surface area contributed by atoms with Gasteiger partial charge in [-0.15, -0.1) is 0 Å². The van der Waals surface area contributed by atoms with E-state index in [1.807, 2.05) is 12.1 Å². The Bertz CT molecular complexity index is 949. The highest BCUT2D eigenvalue weighted by atomic mass is 79.9. The van der Waals surface area contributed by atoms with Gasteiger partial charge < -0.3 is 9.15 Å². The lowest BCUT2D eigenvalue weighted by molar-refractivity contribution is 0.0730. The molecule has 0 aliphatic carbocycles. The molecule has 0 N–H and O–H groups in total. The van der Waals surface area contributed by atoms with Crippen LogP contribution >= 0.6 is 27.5 Å². The van der Waals surface area contributed by atoms with Gasteiger partial charge in [0.25, 0.3) is 0 Å². The number of hydrogen-bond donors (Lipinski definition) is 0. The number of halogens is 2. The fourth-order valence-electron chi connectivity index (χ4n) is 2.09. The monoisotopic (exact) mass is 392 g/mol. The van der Waals surface area contributed by atoms with Gasteiger partial charge in [0.15, 0.2) is 0 Å². The van der Waals surface area contributed by atoms with Gasteiger partial charge in [-0.3, -0.25) is 0 Å². The van der Waals surface area contributed by atoms with Crippen LogP contribution in [0.2, 0.25) is 5.02 Å². The molecule has 0 fully saturated rings. The number of esters is 1. The molecule has 23 heavy (non-hydrogen) atoms. The average molecular weight is 394 g/mol. The van der Waals surface area contributed by atoms with E-state index >= 15 is 0 Å². The standard InChI is InChI=1S/C17H10BrClO4/c18-9-10-4-5-15-11(6-10)7-14(17(21)23-15)16(20)22-13-3-1-2-12(19)8-13/h1-8H,9H2. The Hall–Kier alpha value is -2.11. The van der Waals surface area contributed by atoms with Crippen molar-refractivity contribution in [1.29, 1.82) is 0 Å². The van der Waals surface area contributed by atoms with Crippen LogP contribution in [-0.4, -0.2) is 5.97 Å². The lowest BCUT2D eigenvalue weighted by Crippen LogP contribution is -2.18. The van der Waals surface area contributed by atoms with Gasteiger partial charge in [0, 0.05) is 15.7 Å². The average Bonchev–Trinajstić information content (AvgIpc) is 2.53. The molecule has 4 nitrogen and oxygen atoms in total. The molecular weight excluding hydrogens is 384 g/mol. The first-order valence-electron chi connectivity index (χ1n) is 6.67. The summed E-state index contributed by atoms with van der Waals surface area (Å²) in [5.41, 5.74) is 0.514. The fraction of sp³-hybridized carbons (Fsp3) is 0.0588. The van der Waals surface area contributed by atoms with Crippen LogP contribution in [0, 0.1) is 0 Å². The third-order valence-electron chi connectivity index (χ3n) is 3.18. The molecular formula is C17H10BrClO4. The number of rotatable bonds is 3. The predicted octanol–water partition coefficient (Wildman–Crippen LogP) is 4.56. The third kappa shape index (κ3) is 3.46. The van der Waals surface area contributed by atoms with Gasteiger partial charge >= 0.3 is 11.6 Å². The van der Waals surface area contributed by atoms with Crippen LogP contribution in [0.5, 0.6) is 5.75 Å². The van der Waals surface area contributed by atoms with Crippen LogP contribution in [0.1, 0.15) is 15.9 Å². The van der Waals surface area contributed by atoms with Crippen LogP contribution in [0.15, 0.2) is 57.7 Å². The molecule has 0 atom stereocenters. The van der Waals surface area contributed by atoms with Gasteiger partial charge in [0.1, 0.15) is 16.9 Å². The molecule has 0 aliphatic rings. The lowest BCUT2D eigenvalue weighted by atomic mass is 10.1. The Morgan fingerprint density at radius 2 is 2.00 bits per heavy atom. The third-order valence-corrected chi connectivity index (χ3v) is 4.06. The van der Waals surface area contributed by atoms with E-state index in [0.29, 0.717) is 21.3 Å². The number of fused-ring (bicyclic) bond motifs is 1. The van der Waals surface area contributed by atoms with E-state index in [1.165, 1.54) is 12.1 Å². The number of ether oxygens (including phenoxy) is 1. The Morgan fingerprint density at radius 3 is 2.74 bits per heavy atom. The van der Waals surface area contributed by atoms with Gasteiger partial charge in [0.05, 0.1) is 0 Å². The molecule has 1 aromatic heterocycles. The highest BCUT2D eigenvalue weighted by Crippen LogP contribution is 2.20. The summed E-state index contributed by atoms with van der Waals surface area (Å²) >= 11 is 9.20. The molecule has 2 aromatic carbocycles. The number of hydrogen-bond acceptors (Lipinski definition) is 4. The molecule has 116 valence electrons. The SMILES string of the molecule is O=C(Oc1cccc(Cl)c1)c1cc2cc(CBr)ccc2oc1=O. The summed E-state index contributed by atoms with van der Waals surface area (Å²) in [7, 11) is 0. The first-order chi connectivity index (χ1) is 11.1. The van der Waals surface area contributed by atoms with E-state index in [2.05, 4.69) is 15.9 Å². The molecule has 0 aliphatic heterocycles. The summed E-state index contributed by atoms with van der Waals surface area (Å²) in [4.78, 5) is 24.2. The molecule has 0 amide bonds. The number of benzene rings is 2. The van der Waals surface area contributed by atoms with Gasteiger partial charge in [-0.1, -0.05) is 39.7 Å². The van der Waals surface area contributed by atoms with Crippen molar-refractivity contribution in [3.63, 3.8) is 0 Å². The second-order valence-corrected chi connectivity index (χ2v) is 5.80. The van der Waals surface area contributed by atoms with E-state index in [-0.39, 0.29) is 11.3 Å². The minimum atomic E-state index is -0.785. The molecule has 3 rings (SSSR count). The highest BCUT2D eigenvalue weighted by Gasteiger charge is 2.16. The van der Waals surface area contributed by atoms with Crippen LogP contribution in [0.4, 0.5) is 0 Å². The molecule has 0 unspecified atom stereocenters. The summed E-state index contributed by atoms with van der Waals surface area (Å²) in [5.74, 6) is -0.525. The Balaban J connectivity index is 1.99. The van der Waals surface area contributed by atoms with Crippen molar-refractivity contribution in [2.75, 3.05) is 0 Å². The summed E-state index contributed by atoms with van der Waals surface area (Å²) in [6, 6.07) is 13.2. The van der Waals surface area contributed by atoms with Gasteiger partial charge in [-0.05, 0) is 42.0 Å². The zero-order valence-corrected chi connectivity index (χ0v) is 14.1. The molecule has 0 spiro atoms. The van der Waals surface area contributed by atoms with E-state index in [0.717, 1.165) is 5.56 Å². The van der Waals surface area contributed by atoms with Crippen molar-refractivity contribution in [2.24, 2.45) is 0 Å². The zero-order valence-electron chi connectivity index (χ0n) is 11.7. The van der Waals surface area contributed by atoms with Crippen molar-refractivity contribution in [1.82, 2.24) is 0 Å². The molecule has 1 heterocycles. The Kier molecular flexibility index (Phi) is 4.50. The lowest BCUT2D eigenvalue weighted by Gasteiger charge is -2.05. The maximum absolute atomic E-state index is 12.2. The molecule has 0 saturated heterocycles. The maximum Gasteiger partial charge on any atom is 0.351 e. The Morgan fingerprint density at radius 1 is 1.17 bits per heavy atom. The first-order valence-corrected chi connectivity index (χ1v) is 8.17. The van der Waals surface area contributed by atoms with Crippen LogP contribution in [0.25, 0.3) is 11.0 Å². The largest absolute Gasteiger partial charge is 0.423 e. The minimum absolute atomic E-state index is 0.163. The first kappa shape index (κ1) is 15.8. The van der Waals surface area contributed by atoms with E-state index in [9.17, 15) is 9.59 Å². The molecule has 0 bridgehead atoms. The van der Waals surface area contributed by atoms with Crippen molar-refractivity contribution in [3.05, 3.63) is 75.1 Å². The fourth-order valence-corrected chi connectivity index (χ4v) is 2.62. The Labute approximate surface area is 144 Å². The molecule has 6 heteroatoms. The number of carbonyl (C=O) groups excluding carboxylic acids is 1. The van der Waals surface area contributed by atoms with Crippen molar-refractivity contribution in [2.45, 2.75) is 5.33 Å². The van der Waals surface area contributed by atoms with Crippen molar-refractivity contribution >= 4 is 44.5 Å². The number of alkyl halides is 1. The second kappa shape index (κ2) is 6.56. The highest BCUT2D eigenvalue weighted by molar-refractivity contribution is 9.08. The van der Waals surface area contributed by atoms with Crippen LogP contribution in [-0.2, 0) is 5.33 Å². The van der Waals surface area contributed by atoms with Gasteiger partial charge in [0.2, 0.25) is 0 Å². The summed E-state index contributed by atoms with van der Waals surface area (Å²) in [6.07, 6.45) is 0. The maximum atomic E-state index is 12.2. The van der Waals surface area contributed by atoms with Gasteiger partial charge in [-0.2, -0.15) is 0 Å². The van der Waals surface area contributed by atoms with Gasteiger partial charge in [-0.25, -0.2) is 9.59 Å². The quantitative estimate of drug-likeness (QED) is 0.283. The van der Waals surface area contributed by atoms with Crippen LogP contribution < -0.4 is 10.4 Å². The van der Waals surface area contributed by atoms with Crippen molar-refractivity contribution < 1.29 is 13.9 Å². The zero-order chi connectivity index (χ0) is 16.4. The van der Waals surface area contributed by atoms with E-state index in [4.69, 9.17) is 20.8 Å². The topological polar surface area (TPSA) is 56.5 Å². The predicted molar refractivity (Wildman–Crippen MR) is 91.5 cm³/mol. The number of carbonyl (C=O) groups is 1. The van der Waals surface area contributed by atoms with E-state index in [1.54, 1.807) is 24.3 Å². The normalized spacial score (nSPS) is 10.7. The summed E-state index contributed by atoms with van der Waals surface area (Å²) in [6.45, 7) is 0. The second-order valence-electron chi connectivity index (χ2n) is 4.80. The van der Waals surface area contributed by atoms with E-state index < -0.39 is 11.6 Å². The van der Waals surface area contributed by atoms with Crippen LogP contribution in [0.3, 0.4) is 0 Å². The van der Waals surface area contributed by atoms with Crippen molar-refractivity contribution in [3.8, 4) is 5.75 Å². The smallest absolute Gasteiger partial charge is 0.351 e. The molecule has 0 radical (unpaired) electrons. The molecule has 0 saturated carbocycles. The molecule has 3 aromatic rings. The summed E-state index contributed by atoms with van der Waals surface area (Å²) < 4.78 is 10.4. The summed E-state index contributed by atoms with van der Waals surface area (Å²) in [5, 5.41) is 1.74. The minimum Gasteiger partial charge on any atom is -0.423 e.